The van der Waals surface area contributed by atoms with Crippen molar-refractivity contribution in [2.24, 2.45) is 5.84 Å². The molecular weight excluding hydrogens is 267 g/mol. The minimum atomic E-state index is -0.560. The largest absolute Gasteiger partial charge is 0.352 e. The summed E-state index contributed by atoms with van der Waals surface area (Å²) in [6, 6.07) is 4.21. The van der Waals surface area contributed by atoms with Gasteiger partial charge in [-0.2, -0.15) is 0 Å². The number of anilines is 1. The number of hydrogen-bond acceptors (Lipinski definition) is 5. The monoisotopic (exact) mass is 280 g/mol. The van der Waals surface area contributed by atoms with E-state index in [0.29, 0.717) is 13.0 Å². The van der Waals surface area contributed by atoms with Crippen molar-refractivity contribution in [2.45, 2.75) is 6.42 Å². The maximum Gasteiger partial charge on any atom is 0.253 e. The Morgan fingerprint density at radius 3 is 3.00 bits per heavy atom. The predicted molar refractivity (Wildman–Crippen MR) is 72.4 cm³/mol. The molecular formula is C12H13FN4OS. The summed E-state index contributed by atoms with van der Waals surface area (Å²) >= 11 is 1.53. The van der Waals surface area contributed by atoms with Crippen molar-refractivity contribution in [1.82, 2.24) is 10.3 Å². The van der Waals surface area contributed by atoms with Crippen LogP contribution in [0.5, 0.6) is 0 Å². The van der Waals surface area contributed by atoms with E-state index in [1.807, 2.05) is 5.38 Å². The second-order valence-electron chi connectivity index (χ2n) is 3.74. The Morgan fingerprint density at radius 2 is 2.32 bits per heavy atom. The van der Waals surface area contributed by atoms with E-state index in [2.05, 4.69) is 15.7 Å². The number of nitrogen functional groups attached to an aromatic ring is 1. The minimum absolute atomic E-state index is 0.00533. The van der Waals surface area contributed by atoms with Crippen LogP contribution in [0.15, 0.2) is 29.8 Å². The number of nitrogens with two attached hydrogens (primary N) is 1. The molecule has 0 saturated heterocycles. The SMILES string of the molecule is NNc1c(F)cccc1C(=O)NCCc1nccs1. The topological polar surface area (TPSA) is 80.0 Å². The molecule has 0 fully saturated rings. The van der Waals surface area contributed by atoms with Crippen molar-refractivity contribution in [2.75, 3.05) is 12.0 Å². The van der Waals surface area contributed by atoms with E-state index < -0.39 is 5.82 Å². The summed E-state index contributed by atoms with van der Waals surface area (Å²) in [5.41, 5.74) is 2.38. The van der Waals surface area contributed by atoms with Crippen LogP contribution in [-0.4, -0.2) is 17.4 Å². The number of para-hydroxylation sites is 1. The molecule has 1 aromatic carbocycles. The van der Waals surface area contributed by atoms with E-state index in [1.165, 1.54) is 29.5 Å². The van der Waals surface area contributed by atoms with E-state index in [4.69, 9.17) is 5.84 Å². The second-order valence-corrected chi connectivity index (χ2v) is 4.72. The van der Waals surface area contributed by atoms with Crippen LogP contribution in [0, 0.1) is 5.82 Å². The summed E-state index contributed by atoms with van der Waals surface area (Å²) in [6.07, 6.45) is 2.36. The van der Waals surface area contributed by atoms with Gasteiger partial charge in [-0.05, 0) is 12.1 Å². The Balaban J connectivity index is 1.98. The minimum Gasteiger partial charge on any atom is -0.352 e. The van der Waals surface area contributed by atoms with E-state index >= 15 is 0 Å². The first-order valence-corrected chi connectivity index (χ1v) is 6.52. The lowest BCUT2D eigenvalue weighted by Crippen LogP contribution is -2.27. The molecule has 0 spiro atoms. The number of carbonyl (C=O) groups excluding carboxylic acids is 1. The third-order valence-corrected chi connectivity index (χ3v) is 3.35. The first-order chi connectivity index (χ1) is 9.22. The fourth-order valence-corrected chi connectivity index (χ4v) is 2.24. The number of aromatic nitrogens is 1. The number of nitrogens with one attached hydrogen (secondary N) is 2. The quantitative estimate of drug-likeness (QED) is 0.573. The molecule has 2 rings (SSSR count). The van der Waals surface area contributed by atoms with Gasteiger partial charge >= 0.3 is 0 Å². The number of halogens is 1. The van der Waals surface area contributed by atoms with Crippen molar-refractivity contribution in [3.05, 3.63) is 46.2 Å². The van der Waals surface area contributed by atoms with Crippen LogP contribution in [0.3, 0.4) is 0 Å². The highest BCUT2D eigenvalue weighted by Crippen LogP contribution is 2.18. The van der Waals surface area contributed by atoms with Gasteiger partial charge in [-0.1, -0.05) is 6.07 Å². The number of rotatable bonds is 5. The van der Waals surface area contributed by atoms with Gasteiger partial charge in [0.2, 0.25) is 0 Å². The summed E-state index contributed by atoms with van der Waals surface area (Å²) in [7, 11) is 0. The van der Waals surface area contributed by atoms with E-state index in [-0.39, 0.29) is 17.2 Å². The molecule has 100 valence electrons. The van der Waals surface area contributed by atoms with E-state index in [1.54, 1.807) is 6.20 Å². The fourth-order valence-electron chi connectivity index (χ4n) is 1.61. The first kappa shape index (κ1) is 13.4. The first-order valence-electron chi connectivity index (χ1n) is 5.64. The van der Waals surface area contributed by atoms with Gasteiger partial charge in [0.25, 0.3) is 5.91 Å². The molecule has 1 aromatic heterocycles. The van der Waals surface area contributed by atoms with Gasteiger partial charge in [0, 0.05) is 24.5 Å². The smallest absolute Gasteiger partial charge is 0.253 e. The van der Waals surface area contributed by atoms with E-state index in [9.17, 15) is 9.18 Å². The van der Waals surface area contributed by atoms with Crippen molar-refractivity contribution in [1.29, 1.82) is 0 Å². The van der Waals surface area contributed by atoms with Crippen molar-refractivity contribution < 1.29 is 9.18 Å². The lowest BCUT2D eigenvalue weighted by Gasteiger charge is -2.09. The standard InChI is InChI=1S/C12H13FN4OS/c13-9-3-1-2-8(11(9)17-14)12(18)16-5-4-10-15-6-7-19-10/h1-3,6-7,17H,4-5,14H2,(H,16,18). The van der Waals surface area contributed by atoms with Crippen LogP contribution in [0.2, 0.25) is 0 Å². The molecule has 0 unspecified atom stereocenters. The second kappa shape index (κ2) is 6.26. The summed E-state index contributed by atoms with van der Waals surface area (Å²) in [5, 5.41) is 5.52. The molecule has 0 saturated carbocycles. The number of hydrogen-bond donors (Lipinski definition) is 3. The summed E-state index contributed by atoms with van der Waals surface area (Å²) in [5.74, 6) is 4.29. The number of carbonyl (C=O) groups is 1. The average Bonchev–Trinajstić information content (AvgIpc) is 2.91. The summed E-state index contributed by atoms with van der Waals surface area (Å²) < 4.78 is 13.4. The normalized spacial score (nSPS) is 10.2. The average molecular weight is 280 g/mol. The Labute approximate surface area is 113 Å². The number of nitrogens with zero attached hydrogens (tertiary/aromatic N) is 1. The van der Waals surface area contributed by atoms with Crippen molar-refractivity contribution >= 4 is 22.9 Å². The Kier molecular flexibility index (Phi) is 4.43. The molecule has 4 N–H and O–H groups in total. The van der Waals surface area contributed by atoms with Gasteiger partial charge in [-0.15, -0.1) is 11.3 Å². The van der Waals surface area contributed by atoms with Gasteiger partial charge in [0.05, 0.1) is 16.3 Å². The Hall–Kier alpha value is -1.99. The zero-order valence-electron chi connectivity index (χ0n) is 10.0. The third-order valence-electron chi connectivity index (χ3n) is 2.51. The zero-order valence-corrected chi connectivity index (χ0v) is 10.8. The van der Waals surface area contributed by atoms with Crippen LogP contribution in [-0.2, 0) is 6.42 Å². The van der Waals surface area contributed by atoms with Crippen molar-refractivity contribution in [3.63, 3.8) is 0 Å². The molecule has 0 aliphatic rings. The van der Waals surface area contributed by atoms with Gasteiger partial charge in [0.1, 0.15) is 5.82 Å². The van der Waals surface area contributed by atoms with Gasteiger partial charge < -0.3 is 10.7 Å². The lowest BCUT2D eigenvalue weighted by atomic mass is 10.1. The molecule has 5 nitrogen and oxygen atoms in total. The zero-order chi connectivity index (χ0) is 13.7. The molecule has 0 bridgehead atoms. The maximum absolute atomic E-state index is 13.4. The highest BCUT2D eigenvalue weighted by atomic mass is 32.1. The van der Waals surface area contributed by atoms with Crippen LogP contribution in [0.4, 0.5) is 10.1 Å². The number of amides is 1. The molecule has 0 aliphatic carbocycles. The van der Waals surface area contributed by atoms with Crippen molar-refractivity contribution in [3.8, 4) is 0 Å². The molecule has 0 aliphatic heterocycles. The summed E-state index contributed by atoms with van der Waals surface area (Å²) in [4.78, 5) is 16.0. The van der Waals surface area contributed by atoms with Crippen LogP contribution >= 0.6 is 11.3 Å². The van der Waals surface area contributed by atoms with Crippen LogP contribution in [0.1, 0.15) is 15.4 Å². The molecule has 0 radical (unpaired) electrons. The van der Waals surface area contributed by atoms with Crippen LogP contribution < -0.4 is 16.6 Å². The molecule has 7 heteroatoms. The number of thiazole rings is 1. The molecule has 19 heavy (non-hydrogen) atoms. The molecule has 1 amide bonds. The van der Waals surface area contributed by atoms with Crippen LogP contribution in [0.25, 0.3) is 0 Å². The van der Waals surface area contributed by atoms with E-state index in [0.717, 1.165) is 5.01 Å². The van der Waals surface area contributed by atoms with Gasteiger partial charge in [-0.25, -0.2) is 9.37 Å². The Bertz CT molecular complexity index is 559. The lowest BCUT2D eigenvalue weighted by molar-refractivity contribution is 0.0954. The maximum atomic E-state index is 13.4. The highest BCUT2D eigenvalue weighted by molar-refractivity contribution is 7.09. The predicted octanol–water partition coefficient (Wildman–Crippen LogP) is 1.54. The van der Waals surface area contributed by atoms with Gasteiger partial charge in [-0.3, -0.25) is 10.6 Å². The number of hydrazine groups is 1. The highest BCUT2D eigenvalue weighted by Gasteiger charge is 2.13. The Morgan fingerprint density at radius 1 is 1.47 bits per heavy atom. The molecule has 1 heterocycles. The third kappa shape index (κ3) is 3.27. The fraction of sp³-hybridized carbons (Fsp3) is 0.167. The number of benzene rings is 1. The summed E-state index contributed by atoms with van der Waals surface area (Å²) in [6.45, 7) is 0.437. The molecule has 0 atom stereocenters. The van der Waals surface area contributed by atoms with Gasteiger partial charge in [0.15, 0.2) is 0 Å². The molecule has 2 aromatic rings.